The molecule has 0 unspecified atom stereocenters. The summed E-state index contributed by atoms with van der Waals surface area (Å²) in [6, 6.07) is 17.8. The van der Waals surface area contributed by atoms with Crippen molar-refractivity contribution in [2.75, 3.05) is 11.9 Å². The monoisotopic (exact) mass is 341 g/mol. The number of nitrogens with one attached hydrogen (secondary N) is 1. The molecule has 0 saturated heterocycles. The van der Waals surface area contributed by atoms with Crippen molar-refractivity contribution < 1.29 is 14.3 Å². The van der Waals surface area contributed by atoms with Crippen LogP contribution in [0, 0.1) is 0 Å². The Morgan fingerprint density at radius 1 is 0.960 bits per heavy atom. The summed E-state index contributed by atoms with van der Waals surface area (Å²) in [5.41, 5.74) is 1.54. The van der Waals surface area contributed by atoms with Crippen molar-refractivity contribution in [1.82, 2.24) is 0 Å². The molecule has 1 N–H and O–H groups in total. The second-order valence-corrected chi connectivity index (χ2v) is 6.94. The van der Waals surface area contributed by atoms with E-state index in [0.29, 0.717) is 12.3 Å². The van der Waals surface area contributed by atoms with Gasteiger partial charge in [-0.3, -0.25) is 5.32 Å². The van der Waals surface area contributed by atoms with E-state index in [2.05, 4.69) is 29.6 Å². The van der Waals surface area contributed by atoms with Crippen molar-refractivity contribution in [1.29, 1.82) is 0 Å². The van der Waals surface area contributed by atoms with Crippen LogP contribution in [0.2, 0.25) is 0 Å². The number of hydrogen-bond donors (Lipinski definition) is 1. The Morgan fingerprint density at radius 3 is 2.28 bits per heavy atom. The zero-order valence-electron chi connectivity index (χ0n) is 15.2. The minimum atomic E-state index is -0.507. The second kappa shape index (κ2) is 9.11. The number of carbonyl (C=O) groups is 1. The van der Waals surface area contributed by atoms with Crippen molar-refractivity contribution in [2.45, 2.75) is 45.6 Å². The fraction of sp³-hybridized carbons (Fsp3) is 0.381. The van der Waals surface area contributed by atoms with Gasteiger partial charge in [-0.15, -0.1) is 0 Å². The molecular formula is C21H27NO3. The molecule has 2 rings (SSSR count). The van der Waals surface area contributed by atoms with E-state index in [9.17, 15) is 4.79 Å². The predicted octanol–water partition coefficient (Wildman–Crippen LogP) is 5.44. The van der Waals surface area contributed by atoms with Crippen LogP contribution in [0.25, 0.3) is 0 Å². The lowest BCUT2D eigenvalue weighted by Gasteiger charge is -2.19. The number of ether oxygens (including phenoxy) is 2. The lowest BCUT2D eigenvalue weighted by molar-refractivity contribution is 0.0636. The first-order valence-corrected chi connectivity index (χ1v) is 8.69. The summed E-state index contributed by atoms with van der Waals surface area (Å²) in [7, 11) is 0. The number of carbonyl (C=O) groups excluding carboxylic acids is 1. The van der Waals surface area contributed by atoms with Crippen LogP contribution in [0.3, 0.4) is 0 Å². The molecule has 0 aliphatic carbocycles. The van der Waals surface area contributed by atoms with E-state index in [0.717, 1.165) is 25.0 Å². The number of hydrogen-bond acceptors (Lipinski definition) is 3. The molecule has 0 aromatic heterocycles. The Kier molecular flexibility index (Phi) is 6.87. The lowest BCUT2D eigenvalue weighted by Crippen LogP contribution is -2.27. The number of amides is 1. The van der Waals surface area contributed by atoms with Crippen molar-refractivity contribution >= 4 is 11.8 Å². The summed E-state index contributed by atoms with van der Waals surface area (Å²) in [6.07, 6.45) is 2.72. The minimum Gasteiger partial charge on any atom is -0.494 e. The van der Waals surface area contributed by atoms with E-state index >= 15 is 0 Å². The normalized spacial score (nSPS) is 11.0. The van der Waals surface area contributed by atoms with Gasteiger partial charge in [-0.25, -0.2) is 4.79 Å². The fourth-order valence-electron chi connectivity index (χ4n) is 2.32. The van der Waals surface area contributed by atoms with Gasteiger partial charge >= 0.3 is 6.09 Å². The molecule has 0 spiro atoms. The summed E-state index contributed by atoms with van der Waals surface area (Å²) >= 11 is 0. The lowest BCUT2D eigenvalue weighted by atomic mass is 10.1. The Labute approximate surface area is 150 Å². The molecule has 0 bridgehead atoms. The zero-order valence-corrected chi connectivity index (χ0v) is 15.2. The summed E-state index contributed by atoms with van der Waals surface area (Å²) in [5, 5.41) is 2.70. The van der Waals surface area contributed by atoms with E-state index in [1.54, 1.807) is 0 Å². The summed E-state index contributed by atoms with van der Waals surface area (Å²) < 4.78 is 11.0. The molecule has 25 heavy (non-hydrogen) atoms. The standard InChI is InChI=1S/C21H27NO3/c1-21(2,3)25-20(23)22-18-12-14-19(15-13-18)24-16-8-7-11-17-9-5-4-6-10-17/h4-6,9-10,12-15H,7-8,11,16H2,1-3H3,(H,22,23). The molecule has 4 nitrogen and oxygen atoms in total. The molecule has 0 aliphatic rings. The Bertz CT molecular complexity index is 645. The maximum atomic E-state index is 11.7. The van der Waals surface area contributed by atoms with Crippen LogP contribution in [0.4, 0.5) is 10.5 Å². The molecule has 0 aliphatic heterocycles. The van der Waals surface area contributed by atoms with Crippen LogP contribution < -0.4 is 10.1 Å². The second-order valence-electron chi connectivity index (χ2n) is 6.94. The highest BCUT2D eigenvalue weighted by Crippen LogP contribution is 2.17. The number of rotatable bonds is 7. The molecule has 0 fully saturated rings. The molecule has 2 aromatic carbocycles. The van der Waals surface area contributed by atoms with E-state index < -0.39 is 11.7 Å². The van der Waals surface area contributed by atoms with Crippen LogP contribution in [0.1, 0.15) is 39.2 Å². The van der Waals surface area contributed by atoms with Gasteiger partial charge in [0.2, 0.25) is 0 Å². The first-order valence-electron chi connectivity index (χ1n) is 8.69. The maximum Gasteiger partial charge on any atom is 0.412 e. The molecule has 0 saturated carbocycles. The van der Waals surface area contributed by atoms with E-state index in [1.807, 2.05) is 51.1 Å². The number of aryl methyl sites for hydroxylation is 1. The topological polar surface area (TPSA) is 47.6 Å². The van der Waals surface area contributed by atoms with Gasteiger partial charge < -0.3 is 9.47 Å². The Hall–Kier alpha value is -2.49. The van der Waals surface area contributed by atoms with Crippen LogP contribution in [0.15, 0.2) is 54.6 Å². The van der Waals surface area contributed by atoms with Gasteiger partial charge in [0.1, 0.15) is 11.4 Å². The number of unbranched alkanes of at least 4 members (excludes halogenated alkanes) is 1. The minimum absolute atomic E-state index is 0.456. The SMILES string of the molecule is CC(C)(C)OC(=O)Nc1ccc(OCCCCc2ccccc2)cc1. The highest BCUT2D eigenvalue weighted by atomic mass is 16.6. The molecule has 0 radical (unpaired) electrons. The molecule has 2 aromatic rings. The molecular weight excluding hydrogens is 314 g/mol. The smallest absolute Gasteiger partial charge is 0.412 e. The van der Waals surface area contributed by atoms with Gasteiger partial charge in [-0.1, -0.05) is 30.3 Å². The third kappa shape index (κ3) is 7.75. The molecule has 134 valence electrons. The summed E-state index contributed by atoms with van der Waals surface area (Å²) in [4.78, 5) is 11.7. The van der Waals surface area contributed by atoms with Gasteiger partial charge in [0, 0.05) is 5.69 Å². The van der Waals surface area contributed by atoms with Crippen LogP contribution in [-0.4, -0.2) is 18.3 Å². The quantitative estimate of drug-likeness (QED) is 0.683. The zero-order chi connectivity index (χ0) is 18.1. The van der Waals surface area contributed by atoms with Gasteiger partial charge in [0.15, 0.2) is 0 Å². The van der Waals surface area contributed by atoms with Crippen molar-refractivity contribution in [2.24, 2.45) is 0 Å². The summed E-state index contributed by atoms with van der Waals surface area (Å²) in [5.74, 6) is 0.800. The van der Waals surface area contributed by atoms with Gasteiger partial charge in [0.25, 0.3) is 0 Å². The molecule has 0 atom stereocenters. The Morgan fingerprint density at radius 2 is 1.64 bits per heavy atom. The first kappa shape index (κ1) is 18.8. The van der Waals surface area contributed by atoms with E-state index in [4.69, 9.17) is 9.47 Å². The first-order chi connectivity index (χ1) is 11.9. The maximum absolute atomic E-state index is 11.7. The largest absolute Gasteiger partial charge is 0.494 e. The highest BCUT2D eigenvalue weighted by molar-refractivity contribution is 5.84. The van der Waals surface area contributed by atoms with Crippen molar-refractivity contribution in [3.05, 3.63) is 60.2 Å². The van der Waals surface area contributed by atoms with Gasteiger partial charge in [-0.05, 0) is 69.9 Å². The molecule has 0 heterocycles. The Balaban J connectivity index is 1.67. The third-order valence-electron chi connectivity index (χ3n) is 3.47. The molecule has 4 heteroatoms. The van der Waals surface area contributed by atoms with Crippen LogP contribution in [-0.2, 0) is 11.2 Å². The summed E-state index contributed by atoms with van der Waals surface area (Å²) in [6.45, 7) is 6.19. The van der Waals surface area contributed by atoms with E-state index in [1.165, 1.54) is 5.56 Å². The number of anilines is 1. The average molecular weight is 341 g/mol. The van der Waals surface area contributed by atoms with Crippen molar-refractivity contribution in [3.8, 4) is 5.75 Å². The third-order valence-corrected chi connectivity index (χ3v) is 3.47. The van der Waals surface area contributed by atoms with Gasteiger partial charge in [0.05, 0.1) is 6.61 Å². The van der Waals surface area contributed by atoms with Crippen molar-refractivity contribution in [3.63, 3.8) is 0 Å². The fourth-order valence-corrected chi connectivity index (χ4v) is 2.32. The molecule has 1 amide bonds. The number of benzene rings is 2. The average Bonchev–Trinajstić information content (AvgIpc) is 2.55. The van der Waals surface area contributed by atoms with E-state index in [-0.39, 0.29) is 0 Å². The predicted molar refractivity (Wildman–Crippen MR) is 101 cm³/mol. The van der Waals surface area contributed by atoms with Crippen LogP contribution in [0.5, 0.6) is 5.75 Å². The van der Waals surface area contributed by atoms with Crippen LogP contribution >= 0.6 is 0 Å². The van der Waals surface area contributed by atoms with Gasteiger partial charge in [-0.2, -0.15) is 0 Å². The highest BCUT2D eigenvalue weighted by Gasteiger charge is 2.16.